The van der Waals surface area contributed by atoms with Crippen LogP contribution in [-0.4, -0.2) is 27.5 Å². The van der Waals surface area contributed by atoms with Crippen molar-refractivity contribution in [3.8, 4) is 0 Å². The molecule has 1 aliphatic heterocycles. The van der Waals surface area contributed by atoms with Crippen LogP contribution >= 0.6 is 0 Å². The minimum atomic E-state index is -0.0980. The van der Waals surface area contributed by atoms with Crippen molar-refractivity contribution in [3.63, 3.8) is 0 Å². The van der Waals surface area contributed by atoms with Crippen LogP contribution in [0.1, 0.15) is 65.7 Å². The molecule has 1 aliphatic carbocycles. The number of carbonyl (C=O) groups is 1. The van der Waals surface area contributed by atoms with E-state index in [-0.39, 0.29) is 11.9 Å². The van der Waals surface area contributed by atoms with Crippen molar-refractivity contribution in [2.75, 3.05) is 6.54 Å². The molecular formula is C15H17N3O3. The van der Waals surface area contributed by atoms with E-state index in [0.717, 1.165) is 37.3 Å². The quantitative estimate of drug-likeness (QED) is 0.868. The van der Waals surface area contributed by atoms with Crippen LogP contribution in [0.2, 0.25) is 0 Å². The Hall–Kier alpha value is -2.11. The van der Waals surface area contributed by atoms with E-state index in [1.807, 2.05) is 6.92 Å². The van der Waals surface area contributed by atoms with Gasteiger partial charge in [-0.3, -0.25) is 4.79 Å². The number of hydrogen-bond acceptors (Lipinski definition) is 5. The third-order valence-electron chi connectivity index (χ3n) is 4.15. The SMILES string of the molecule is Cc1ccc(C(=O)N2CCC[C@H]2c2noc(C3CC3)n2)o1. The van der Waals surface area contributed by atoms with Gasteiger partial charge in [0, 0.05) is 12.5 Å². The second-order valence-electron chi connectivity index (χ2n) is 5.83. The van der Waals surface area contributed by atoms with Gasteiger partial charge in [-0.2, -0.15) is 4.98 Å². The number of amides is 1. The normalized spacial score (nSPS) is 22.0. The number of aryl methyl sites for hydroxylation is 1. The van der Waals surface area contributed by atoms with Gasteiger partial charge in [-0.1, -0.05) is 5.16 Å². The Bertz CT molecular complexity index is 671. The zero-order valence-electron chi connectivity index (χ0n) is 11.9. The van der Waals surface area contributed by atoms with Crippen molar-refractivity contribution in [2.45, 2.75) is 44.6 Å². The maximum absolute atomic E-state index is 12.5. The van der Waals surface area contributed by atoms with Crippen molar-refractivity contribution >= 4 is 5.91 Å². The van der Waals surface area contributed by atoms with Crippen LogP contribution < -0.4 is 0 Å². The highest BCUT2D eigenvalue weighted by molar-refractivity contribution is 5.92. The molecule has 2 aromatic rings. The standard InChI is InChI=1S/C15H17N3O3/c1-9-4-7-12(20-9)15(19)18-8-2-3-11(18)13-16-14(21-17-13)10-5-6-10/h4,7,10-11H,2-3,5-6,8H2,1H3/t11-/m0/s1. The number of carbonyl (C=O) groups excluding carboxylic acids is 1. The smallest absolute Gasteiger partial charge is 0.290 e. The third kappa shape index (κ3) is 2.24. The number of nitrogens with zero attached hydrogens (tertiary/aromatic N) is 3. The van der Waals surface area contributed by atoms with Gasteiger partial charge in [0.15, 0.2) is 11.6 Å². The molecule has 6 heteroatoms. The molecule has 0 aromatic carbocycles. The summed E-state index contributed by atoms with van der Waals surface area (Å²) in [6.07, 6.45) is 4.07. The molecule has 1 atom stereocenters. The molecule has 2 aromatic heterocycles. The van der Waals surface area contributed by atoms with Crippen molar-refractivity contribution < 1.29 is 13.7 Å². The van der Waals surface area contributed by atoms with Gasteiger partial charge >= 0.3 is 0 Å². The number of aromatic nitrogens is 2. The van der Waals surface area contributed by atoms with Crippen LogP contribution in [-0.2, 0) is 0 Å². The summed E-state index contributed by atoms with van der Waals surface area (Å²) in [6, 6.07) is 3.43. The summed E-state index contributed by atoms with van der Waals surface area (Å²) in [7, 11) is 0. The van der Waals surface area contributed by atoms with Gasteiger partial charge in [-0.15, -0.1) is 0 Å². The maximum Gasteiger partial charge on any atom is 0.290 e. The summed E-state index contributed by atoms with van der Waals surface area (Å²) in [6.45, 7) is 2.54. The van der Waals surface area contributed by atoms with Crippen molar-refractivity contribution in [1.29, 1.82) is 0 Å². The molecule has 1 saturated carbocycles. The molecule has 0 N–H and O–H groups in total. The number of rotatable bonds is 3. The van der Waals surface area contributed by atoms with E-state index in [4.69, 9.17) is 8.94 Å². The van der Waals surface area contributed by atoms with E-state index in [2.05, 4.69) is 10.1 Å². The fourth-order valence-corrected chi connectivity index (χ4v) is 2.85. The lowest BCUT2D eigenvalue weighted by Crippen LogP contribution is -2.30. The van der Waals surface area contributed by atoms with Gasteiger partial charge in [0.25, 0.3) is 5.91 Å². The maximum atomic E-state index is 12.5. The predicted molar refractivity (Wildman–Crippen MR) is 72.7 cm³/mol. The summed E-state index contributed by atoms with van der Waals surface area (Å²) >= 11 is 0. The van der Waals surface area contributed by atoms with Crippen LogP contribution in [0.3, 0.4) is 0 Å². The van der Waals surface area contributed by atoms with E-state index in [1.165, 1.54) is 0 Å². The fraction of sp³-hybridized carbons (Fsp3) is 0.533. The first-order chi connectivity index (χ1) is 10.2. The van der Waals surface area contributed by atoms with Crippen LogP contribution in [0.4, 0.5) is 0 Å². The van der Waals surface area contributed by atoms with Gasteiger partial charge in [0.1, 0.15) is 5.76 Å². The lowest BCUT2D eigenvalue weighted by Gasteiger charge is -2.20. The Morgan fingerprint density at radius 2 is 2.19 bits per heavy atom. The highest BCUT2D eigenvalue weighted by Gasteiger charge is 2.37. The van der Waals surface area contributed by atoms with Gasteiger partial charge in [-0.25, -0.2) is 0 Å². The first-order valence-corrected chi connectivity index (χ1v) is 7.43. The van der Waals surface area contributed by atoms with Gasteiger partial charge in [-0.05, 0) is 44.7 Å². The second-order valence-corrected chi connectivity index (χ2v) is 5.83. The lowest BCUT2D eigenvalue weighted by molar-refractivity contribution is 0.0694. The zero-order chi connectivity index (χ0) is 14.4. The minimum Gasteiger partial charge on any atom is -0.456 e. The van der Waals surface area contributed by atoms with E-state index < -0.39 is 0 Å². The Morgan fingerprint density at radius 1 is 1.33 bits per heavy atom. The van der Waals surface area contributed by atoms with Crippen molar-refractivity contribution in [3.05, 3.63) is 35.4 Å². The van der Waals surface area contributed by atoms with Crippen LogP contribution in [0.15, 0.2) is 21.1 Å². The molecule has 1 amide bonds. The molecule has 21 heavy (non-hydrogen) atoms. The average Bonchev–Trinajstić information content (AvgIpc) is 2.94. The van der Waals surface area contributed by atoms with Crippen molar-refractivity contribution in [1.82, 2.24) is 15.0 Å². The average molecular weight is 287 g/mol. The van der Waals surface area contributed by atoms with Gasteiger partial charge in [0.05, 0.1) is 6.04 Å². The highest BCUT2D eigenvalue weighted by atomic mass is 16.5. The predicted octanol–water partition coefficient (Wildman–Crippen LogP) is 2.83. The fourth-order valence-electron chi connectivity index (χ4n) is 2.85. The number of furan rings is 1. The molecule has 2 fully saturated rings. The summed E-state index contributed by atoms with van der Waals surface area (Å²) in [5.74, 6) is 2.81. The van der Waals surface area contributed by atoms with Crippen LogP contribution in [0.5, 0.6) is 0 Å². The van der Waals surface area contributed by atoms with E-state index in [9.17, 15) is 4.79 Å². The zero-order valence-corrected chi connectivity index (χ0v) is 11.9. The van der Waals surface area contributed by atoms with Crippen LogP contribution in [0.25, 0.3) is 0 Å². The molecule has 4 rings (SSSR count). The van der Waals surface area contributed by atoms with Gasteiger partial charge in [0.2, 0.25) is 5.89 Å². The molecule has 0 spiro atoms. The highest BCUT2D eigenvalue weighted by Crippen LogP contribution is 2.40. The minimum absolute atomic E-state index is 0.0941. The van der Waals surface area contributed by atoms with Gasteiger partial charge < -0.3 is 13.8 Å². The Labute approximate surface area is 122 Å². The summed E-state index contributed by atoms with van der Waals surface area (Å²) < 4.78 is 10.8. The first-order valence-electron chi connectivity index (χ1n) is 7.43. The molecule has 0 unspecified atom stereocenters. The molecule has 3 heterocycles. The Kier molecular flexibility index (Phi) is 2.83. The van der Waals surface area contributed by atoms with Crippen molar-refractivity contribution in [2.24, 2.45) is 0 Å². The molecule has 6 nitrogen and oxygen atoms in total. The number of hydrogen-bond donors (Lipinski definition) is 0. The summed E-state index contributed by atoms with van der Waals surface area (Å²) in [5, 5.41) is 4.08. The molecule has 110 valence electrons. The topological polar surface area (TPSA) is 72.4 Å². The van der Waals surface area contributed by atoms with E-state index in [0.29, 0.717) is 24.0 Å². The molecule has 1 saturated heterocycles. The summed E-state index contributed by atoms with van der Waals surface area (Å²) in [4.78, 5) is 18.8. The lowest BCUT2D eigenvalue weighted by atomic mass is 10.2. The second kappa shape index (κ2) is 4.72. The molecule has 0 radical (unpaired) electrons. The number of likely N-dealkylation sites (tertiary alicyclic amines) is 1. The third-order valence-corrected chi connectivity index (χ3v) is 4.15. The Morgan fingerprint density at radius 3 is 2.90 bits per heavy atom. The van der Waals surface area contributed by atoms with E-state index >= 15 is 0 Å². The molecule has 0 bridgehead atoms. The largest absolute Gasteiger partial charge is 0.456 e. The van der Waals surface area contributed by atoms with Crippen LogP contribution in [0, 0.1) is 6.92 Å². The molecule has 2 aliphatic rings. The Balaban J connectivity index is 1.57. The molecular weight excluding hydrogens is 270 g/mol. The first kappa shape index (κ1) is 12.6. The van der Waals surface area contributed by atoms with E-state index in [1.54, 1.807) is 17.0 Å². The monoisotopic (exact) mass is 287 g/mol. The summed E-state index contributed by atoms with van der Waals surface area (Å²) in [5.41, 5.74) is 0.